The van der Waals surface area contributed by atoms with Crippen LogP contribution in [0.1, 0.15) is 27.0 Å². The van der Waals surface area contributed by atoms with Crippen LogP contribution in [-0.2, 0) is 0 Å². The SMILES string of the molecule is Cc1ccc(Cl)cc1-c1[nH]c(-c2ccnc(N)n2)c(C#Cc2cccc(NCCNC(=O)O)c2)c1C(N)=O. The number of rotatable bonds is 7. The standard InChI is InChI=1S/C27H24ClN7O3/c1-15-5-7-17(28)14-20(15)24-22(25(29)36)19(23(35-24)21-9-10-32-26(30)34-21)8-6-16-3-2-4-18(13-16)31-11-12-33-27(37)38/h2-5,7,9-10,13-14,31,33,35H,11-12H2,1H3,(H2,29,36)(H,37,38)(H2,30,32,34). The van der Waals surface area contributed by atoms with Gasteiger partial charge in [0.2, 0.25) is 5.95 Å². The van der Waals surface area contributed by atoms with Crippen molar-refractivity contribution in [2.75, 3.05) is 24.1 Å². The monoisotopic (exact) mass is 529 g/mol. The summed E-state index contributed by atoms with van der Waals surface area (Å²) in [7, 11) is 0. The van der Waals surface area contributed by atoms with Crippen molar-refractivity contribution in [3.05, 3.63) is 82.0 Å². The lowest BCUT2D eigenvalue weighted by Crippen LogP contribution is -2.26. The van der Waals surface area contributed by atoms with Gasteiger partial charge in [-0.1, -0.05) is 35.6 Å². The highest BCUT2D eigenvalue weighted by atomic mass is 35.5. The Hall–Kier alpha value is -5.01. The number of primary amides is 1. The van der Waals surface area contributed by atoms with E-state index >= 15 is 0 Å². The molecule has 0 saturated carbocycles. The summed E-state index contributed by atoms with van der Waals surface area (Å²) in [6.45, 7) is 2.54. The number of H-pyrrole nitrogens is 1. The Morgan fingerprint density at radius 1 is 1.11 bits per heavy atom. The van der Waals surface area contributed by atoms with Crippen molar-refractivity contribution in [3.8, 4) is 34.5 Å². The molecule has 0 bridgehead atoms. The van der Waals surface area contributed by atoms with Crippen molar-refractivity contribution in [3.63, 3.8) is 0 Å². The second kappa shape index (κ2) is 11.4. The number of carboxylic acid groups (broad SMARTS) is 1. The van der Waals surface area contributed by atoms with Crippen molar-refractivity contribution < 1.29 is 14.7 Å². The average Bonchev–Trinajstić information content (AvgIpc) is 3.26. The lowest BCUT2D eigenvalue weighted by molar-refractivity contribution is 0.100. The number of aromatic amines is 1. The first-order chi connectivity index (χ1) is 18.2. The van der Waals surface area contributed by atoms with E-state index in [4.69, 9.17) is 28.2 Å². The third-order valence-electron chi connectivity index (χ3n) is 5.57. The molecule has 2 heterocycles. The van der Waals surface area contributed by atoms with Crippen LogP contribution in [0.2, 0.25) is 5.02 Å². The molecule has 0 aliphatic carbocycles. The maximum absolute atomic E-state index is 12.8. The summed E-state index contributed by atoms with van der Waals surface area (Å²) in [5.74, 6) is 5.58. The fraction of sp³-hybridized carbons (Fsp3) is 0.111. The molecule has 10 nitrogen and oxygen atoms in total. The number of hydrogen-bond donors (Lipinski definition) is 6. The minimum Gasteiger partial charge on any atom is -0.465 e. The number of nitrogens with one attached hydrogen (secondary N) is 3. The third-order valence-corrected chi connectivity index (χ3v) is 5.81. The van der Waals surface area contributed by atoms with Crippen molar-refractivity contribution >= 4 is 35.2 Å². The van der Waals surface area contributed by atoms with Crippen molar-refractivity contribution in [1.29, 1.82) is 0 Å². The Labute approximate surface area is 223 Å². The predicted molar refractivity (Wildman–Crippen MR) is 147 cm³/mol. The number of aromatic nitrogens is 3. The average molecular weight is 530 g/mol. The van der Waals surface area contributed by atoms with Gasteiger partial charge in [0.05, 0.1) is 28.2 Å². The lowest BCUT2D eigenvalue weighted by Gasteiger charge is -2.07. The molecule has 192 valence electrons. The maximum Gasteiger partial charge on any atom is 0.404 e. The van der Waals surface area contributed by atoms with Gasteiger partial charge in [-0.25, -0.2) is 14.8 Å². The second-order valence-electron chi connectivity index (χ2n) is 8.24. The molecule has 0 aliphatic rings. The van der Waals surface area contributed by atoms with Gasteiger partial charge in [-0.15, -0.1) is 0 Å². The van der Waals surface area contributed by atoms with Crippen LogP contribution in [0.5, 0.6) is 0 Å². The zero-order valence-corrected chi connectivity index (χ0v) is 21.1. The van der Waals surface area contributed by atoms with E-state index in [0.29, 0.717) is 45.3 Å². The number of anilines is 2. The van der Waals surface area contributed by atoms with Gasteiger partial charge in [0.25, 0.3) is 5.91 Å². The highest BCUT2D eigenvalue weighted by Gasteiger charge is 2.24. The normalized spacial score (nSPS) is 10.4. The van der Waals surface area contributed by atoms with Gasteiger partial charge in [0, 0.05) is 41.1 Å². The molecule has 0 atom stereocenters. The van der Waals surface area contributed by atoms with Crippen LogP contribution in [0.25, 0.3) is 22.6 Å². The zero-order chi connectivity index (χ0) is 27.2. The molecule has 4 rings (SSSR count). The molecule has 38 heavy (non-hydrogen) atoms. The number of amides is 2. The smallest absolute Gasteiger partial charge is 0.404 e. The fourth-order valence-electron chi connectivity index (χ4n) is 3.86. The fourth-order valence-corrected chi connectivity index (χ4v) is 4.03. The van der Waals surface area contributed by atoms with Crippen LogP contribution in [0, 0.1) is 18.8 Å². The van der Waals surface area contributed by atoms with Gasteiger partial charge in [-0.2, -0.15) is 0 Å². The van der Waals surface area contributed by atoms with Crippen molar-refractivity contribution in [2.45, 2.75) is 6.92 Å². The topological polar surface area (TPSA) is 172 Å². The molecule has 0 fully saturated rings. The minimum atomic E-state index is -1.09. The van der Waals surface area contributed by atoms with Crippen molar-refractivity contribution in [1.82, 2.24) is 20.3 Å². The summed E-state index contributed by atoms with van der Waals surface area (Å²) < 4.78 is 0. The Morgan fingerprint density at radius 3 is 2.66 bits per heavy atom. The van der Waals surface area contributed by atoms with Gasteiger partial charge < -0.3 is 32.2 Å². The molecule has 2 amide bonds. The molecule has 8 N–H and O–H groups in total. The molecule has 0 saturated heterocycles. The van der Waals surface area contributed by atoms with E-state index in [-0.39, 0.29) is 18.1 Å². The molecule has 0 unspecified atom stereocenters. The summed E-state index contributed by atoms with van der Waals surface area (Å²) >= 11 is 6.27. The third kappa shape index (κ3) is 6.03. The molecule has 0 spiro atoms. The van der Waals surface area contributed by atoms with Crippen LogP contribution in [-0.4, -0.2) is 45.1 Å². The number of carbonyl (C=O) groups excluding carboxylic acids is 1. The zero-order valence-electron chi connectivity index (χ0n) is 20.3. The lowest BCUT2D eigenvalue weighted by atomic mass is 9.99. The maximum atomic E-state index is 12.8. The molecule has 0 aliphatic heterocycles. The Morgan fingerprint density at radius 2 is 1.92 bits per heavy atom. The van der Waals surface area contributed by atoms with Gasteiger partial charge in [0.15, 0.2) is 0 Å². The highest BCUT2D eigenvalue weighted by Crippen LogP contribution is 2.35. The van der Waals surface area contributed by atoms with Gasteiger partial charge in [0.1, 0.15) is 0 Å². The van der Waals surface area contributed by atoms with Crippen molar-refractivity contribution in [2.24, 2.45) is 5.73 Å². The largest absolute Gasteiger partial charge is 0.465 e. The molecule has 2 aromatic carbocycles. The summed E-state index contributed by atoms with van der Waals surface area (Å²) in [6.07, 6.45) is 0.426. The molecular formula is C27H24ClN7O3. The van der Waals surface area contributed by atoms with E-state index in [1.165, 1.54) is 6.20 Å². The number of hydrogen-bond acceptors (Lipinski definition) is 6. The van der Waals surface area contributed by atoms with Crippen LogP contribution in [0.4, 0.5) is 16.4 Å². The number of aryl methyl sites for hydroxylation is 1. The first-order valence-corrected chi connectivity index (χ1v) is 11.8. The highest BCUT2D eigenvalue weighted by molar-refractivity contribution is 6.31. The van der Waals surface area contributed by atoms with Crippen LogP contribution in [0.3, 0.4) is 0 Å². The summed E-state index contributed by atoms with van der Waals surface area (Å²) in [6, 6.07) is 14.3. The molecule has 4 aromatic rings. The number of halogens is 1. The van der Waals surface area contributed by atoms with Gasteiger partial charge in [-0.3, -0.25) is 4.79 Å². The molecule has 11 heteroatoms. The first-order valence-electron chi connectivity index (χ1n) is 11.5. The van der Waals surface area contributed by atoms with E-state index in [2.05, 4.69) is 37.4 Å². The van der Waals surface area contributed by atoms with E-state index in [1.54, 1.807) is 18.2 Å². The van der Waals surface area contributed by atoms with E-state index in [1.807, 2.05) is 37.3 Å². The number of benzene rings is 2. The minimum absolute atomic E-state index is 0.0632. The molecule has 0 radical (unpaired) electrons. The van der Waals surface area contributed by atoms with E-state index in [9.17, 15) is 9.59 Å². The number of nitrogens with two attached hydrogens (primary N) is 2. The van der Waals surface area contributed by atoms with Crippen LogP contribution < -0.4 is 22.1 Å². The Balaban J connectivity index is 1.81. The van der Waals surface area contributed by atoms with Gasteiger partial charge in [-0.05, 0) is 48.9 Å². The van der Waals surface area contributed by atoms with E-state index < -0.39 is 12.0 Å². The number of nitrogen functional groups attached to an aromatic ring is 1. The first kappa shape index (κ1) is 26.1. The Bertz CT molecular complexity index is 1590. The summed E-state index contributed by atoms with van der Waals surface area (Å²) in [5.41, 5.74) is 16.6. The van der Waals surface area contributed by atoms with Crippen LogP contribution >= 0.6 is 11.6 Å². The Kier molecular flexibility index (Phi) is 7.80. The quantitative estimate of drug-likeness (QED) is 0.156. The molecule has 2 aromatic heterocycles. The van der Waals surface area contributed by atoms with E-state index in [0.717, 1.165) is 11.3 Å². The second-order valence-corrected chi connectivity index (χ2v) is 8.67. The van der Waals surface area contributed by atoms with Gasteiger partial charge >= 0.3 is 6.09 Å². The van der Waals surface area contributed by atoms with Crippen LogP contribution in [0.15, 0.2) is 54.7 Å². The molecular weight excluding hydrogens is 506 g/mol. The number of nitrogens with zero attached hydrogens (tertiary/aromatic N) is 2. The predicted octanol–water partition coefficient (Wildman–Crippen LogP) is 3.86. The summed E-state index contributed by atoms with van der Waals surface area (Å²) in [5, 5.41) is 14.6. The number of carbonyl (C=O) groups is 2. The summed E-state index contributed by atoms with van der Waals surface area (Å²) in [4.78, 5) is 34.9.